The normalized spacial score (nSPS) is 21.9. The molecule has 0 spiro atoms. The van der Waals surface area contributed by atoms with Gasteiger partial charge in [-0.15, -0.1) is 0 Å². The van der Waals surface area contributed by atoms with E-state index in [2.05, 4.69) is 10.8 Å². The van der Waals surface area contributed by atoms with E-state index in [1.165, 1.54) is 0 Å². The lowest BCUT2D eigenvalue weighted by molar-refractivity contribution is 0.147. The fourth-order valence-electron chi connectivity index (χ4n) is 4.34. The summed E-state index contributed by atoms with van der Waals surface area (Å²) < 4.78 is 33.4. The van der Waals surface area contributed by atoms with Crippen molar-refractivity contribution in [2.24, 2.45) is 0 Å². The number of nitrogens with zero attached hydrogens (tertiary/aromatic N) is 2. The summed E-state index contributed by atoms with van der Waals surface area (Å²) in [4.78, 5) is 16.7. The van der Waals surface area contributed by atoms with Crippen LogP contribution in [-0.2, 0) is 16.4 Å². The van der Waals surface area contributed by atoms with E-state index in [0.29, 0.717) is 32.5 Å². The Labute approximate surface area is 184 Å². The highest BCUT2D eigenvalue weighted by Crippen LogP contribution is 2.32. The molecule has 0 aromatic heterocycles. The first-order chi connectivity index (χ1) is 14.9. The summed E-state index contributed by atoms with van der Waals surface area (Å²) in [5.74, 6) is 0.807. The van der Waals surface area contributed by atoms with Gasteiger partial charge in [0.05, 0.1) is 18.3 Å². The highest BCUT2D eigenvalue weighted by molar-refractivity contribution is 7.89. The summed E-state index contributed by atoms with van der Waals surface area (Å²) in [6, 6.07) is 15.4. The van der Waals surface area contributed by atoms with Crippen LogP contribution in [0.4, 0.5) is 4.79 Å². The quantitative estimate of drug-likeness (QED) is 0.791. The van der Waals surface area contributed by atoms with Crippen molar-refractivity contribution in [3.8, 4) is 16.9 Å². The number of nitrogens with one attached hydrogen (secondary N) is 1. The predicted molar refractivity (Wildman–Crippen MR) is 121 cm³/mol. The number of hydrogen-bond acceptors (Lipinski definition) is 4. The van der Waals surface area contributed by atoms with Crippen LogP contribution in [0, 0.1) is 0 Å². The van der Waals surface area contributed by atoms with Gasteiger partial charge in [-0.2, -0.15) is 0 Å². The second kappa shape index (κ2) is 8.88. The summed E-state index contributed by atoms with van der Waals surface area (Å²) in [6.07, 6.45) is 1.18. The maximum atomic E-state index is 13.2. The molecule has 31 heavy (non-hydrogen) atoms. The maximum Gasteiger partial charge on any atom is 0.320 e. The molecule has 4 rings (SSSR count). The average molecular weight is 444 g/mol. The van der Waals surface area contributed by atoms with Crippen molar-refractivity contribution in [2.45, 2.75) is 31.8 Å². The first-order valence-electron chi connectivity index (χ1n) is 10.7. The molecule has 2 aliphatic rings. The molecule has 2 bridgehead atoms. The topological polar surface area (TPSA) is 79.0 Å². The molecular formula is C23H29N3O4S. The fraction of sp³-hybridized carbons (Fsp3) is 0.435. The SMILES string of the molecule is CCS(=O)(=O)NC1CCN2C(=O)N(C)CCOc3ccccc3-c3cccc(c3)CC12. The van der Waals surface area contributed by atoms with E-state index in [0.717, 1.165) is 22.4 Å². The van der Waals surface area contributed by atoms with Crippen molar-refractivity contribution in [3.05, 3.63) is 54.1 Å². The third-order valence-corrected chi connectivity index (χ3v) is 7.51. The van der Waals surface area contributed by atoms with Gasteiger partial charge in [-0.25, -0.2) is 17.9 Å². The Morgan fingerprint density at radius 3 is 2.74 bits per heavy atom. The molecule has 2 atom stereocenters. The van der Waals surface area contributed by atoms with Crippen LogP contribution in [0.5, 0.6) is 5.75 Å². The summed E-state index contributed by atoms with van der Waals surface area (Å²) in [5, 5.41) is 0. The van der Waals surface area contributed by atoms with Crippen molar-refractivity contribution in [3.63, 3.8) is 0 Å². The second-order valence-electron chi connectivity index (χ2n) is 8.13. The molecule has 2 heterocycles. The van der Waals surface area contributed by atoms with Gasteiger partial charge >= 0.3 is 6.03 Å². The van der Waals surface area contributed by atoms with Crippen LogP contribution >= 0.6 is 0 Å². The molecule has 2 aromatic rings. The van der Waals surface area contributed by atoms with Gasteiger partial charge in [-0.3, -0.25) is 0 Å². The third-order valence-electron chi connectivity index (χ3n) is 6.08. The van der Waals surface area contributed by atoms with Crippen molar-refractivity contribution < 1.29 is 17.9 Å². The number of carbonyl (C=O) groups excluding carboxylic acids is 1. The minimum atomic E-state index is -3.37. The zero-order valence-electron chi connectivity index (χ0n) is 18.0. The molecule has 166 valence electrons. The van der Waals surface area contributed by atoms with Crippen LogP contribution in [0.25, 0.3) is 11.1 Å². The first kappa shape index (κ1) is 21.6. The number of fused-ring (bicyclic) bond motifs is 5. The zero-order valence-corrected chi connectivity index (χ0v) is 18.8. The van der Waals surface area contributed by atoms with Crippen LogP contribution in [-0.4, -0.2) is 68.8 Å². The number of likely N-dealkylation sites (N-methyl/N-ethyl adjacent to an activating group) is 1. The van der Waals surface area contributed by atoms with Gasteiger partial charge in [-0.1, -0.05) is 42.5 Å². The lowest BCUT2D eigenvalue weighted by atomic mass is 9.96. The van der Waals surface area contributed by atoms with Gasteiger partial charge < -0.3 is 14.5 Å². The number of sulfonamides is 1. The third kappa shape index (κ3) is 4.70. The number of carbonyl (C=O) groups is 1. The lowest BCUT2D eigenvalue weighted by Gasteiger charge is -2.32. The highest BCUT2D eigenvalue weighted by Gasteiger charge is 2.39. The highest BCUT2D eigenvalue weighted by atomic mass is 32.2. The summed E-state index contributed by atoms with van der Waals surface area (Å²) in [6.45, 7) is 2.97. The van der Waals surface area contributed by atoms with E-state index in [1.54, 1.807) is 23.8 Å². The van der Waals surface area contributed by atoms with Gasteiger partial charge in [0.25, 0.3) is 0 Å². The van der Waals surface area contributed by atoms with Gasteiger partial charge in [0.15, 0.2) is 0 Å². The van der Waals surface area contributed by atoms with Crippen molar-refractivity contribution in [1.82, 2.24) is 14.5 Å². The maximum absolute atomic E-state index is 13.2. The average Bonchev–Trinajstić information content (AvgIpc) is 3.14. The first-order valence-corrected chi connectivity index (χ1v) is 12.4. The van der Waals surface area contributed by atoms with E-state index in [4.69, 9.17) is 4.74 Å². The Balaban J connectivity index is 1.73. The molecule has 2 amide bonds. The van der Waals surface area contributed by atoms with Crippen LogP contribution in [0.3, 0.4) is 0 Å². The van der Waals surface area contributed by atoms with Crippen LogP contribution in [0.1, 0.15) is 18.9 Å². The largest absolute Gasteiger partial charge is 0.491 e. The molecule has 2 aromatic carbocycles. The van der Waals surface area contributed by atoms with E-state index >= 15 is 0 Å². The molecule has 2 aliphatic heterocycles. The predicted octanol–water partition coefficient (Wildman–Crippen LogP) is 2.72. The van der Waals surface area contributed by atoms with Crippen molar-refractivity contribution in [1.29, 1.82) is 0 Å². The molecule has 0 radical (unpaired) electrons. The van der Waals surface area contributed by atoms with E-state index in [1.807, 2.05) is 42.5 Å². The molecule has 0 aliphatic carbocycles. The van der Waals surface area contributed by atoms with Gasteiger partial charge in [0, 0.05) is 25.2 Å². The molecule has 1 saturated heterocycles. The Morgan fingerprint density at radius 2 is 1.94 bits per heavy atom. The molecule has 1 N–H and O–H groups in total. The summed E-state index contributed by atoms with van der Waals surface area (Å²) >= 11 is 0. The number of urea groups is 1. The minimum absolute atomic E-state index is 0.0215. The number of hydrogen-bond donors (Lipinski definition) is 1. The molecule has 2 unspecified atom stereocenters. The molecule has 8 heteroatoms. The summed E-state index contributed by atoms with van der Waals surface area (Å²) in [5.41, 5.74) is 3.10. The summed E-state index contributed by atoms with van der Waals surface area (Å²) in [7, 11) is -1.61. The smallest absolute Gasteiger partial charge is 0.320 e. The minimum Gasteiger partial charge on any atom is -0.491 e. The van der Waals surface area contributed by atoms with Gasteiger partial charge in [0.2, 0.25) is 10.0 Å². The number of rotatable bonds is 3. The van der Waals surface area contributed by atoms with E-state index in [-0.39, 0.29) is 23.9 Å². The van der Waals surface area contributed by atoms with Crippen molar-refractivity contribution >= 4 is 16.1 Å². The monoisotopic (exact) mass is 443 g/mol. The second-order valence-corrected chi connectivity index (χ2v) is 10.2. The molecule has 7 nitrogen and oxygen atoms in total. The van der Waals surface area contributed by atoms with Gasteiger partial charge in [0.1, 0.15) is 12.4 Å². The van der Waals surface area contributed by atoms with E-state index < -0.39 is 10.0 Å². The van der Waals surface area contributed by atoms with Crippen molar-refractivity contribution in [2.75, 3.05) is 32.5 Å². The Hall–Kier alpha value is -2.58. The molecular weight excluding hydrogens is 414 g/mol. The molecule has 0 saturated carbocycles. The van der Waals surface area contributed by atoms with Crippen LogP contribution in [0.15, 0.2) is 48.5 Å². The lowest BCUT2D eigenvalue weighted by Crippen LogP contribution is -2.51. The number of ether oxygens (including phenoxy) is 1. The Bertz CT molecular complexity index is 1060. The Kier molecular flexibility index (Phi) is 6.20. The fourth-order valence-corrected chi connectivity index (χ4v) is 5.24. The number of para-hydroxylation sites is 1. The zero-order chi connectivity index (χ0) is 22.0. The number of benzene rings is 2. The number of amides is 2. The molecule has 1 fully saturated rings. The van der Waals surface area contributed by atoms with E-state index in [9.17, 15) is 13.2 Å². The van der Waals surface area contributed by atoms with Crippen LogP contribution in [0.2, 0.25) is 0 Å². The Morgan fingerprint density at radius 1 is 1.13 bits per heavy atom. The van der Waals surface area contributed by atoms with Gasteiger partial charge in [-0.05, 0) is 37.0 Å². The standard InChI is InChI=1S/C23H29N3O4S/c1-3-31(28,29)24-20-11-12-26-21(20)16-17-7-6-8-18(15-17)19-9-4-5-10-22(19)30-14-13-25(2)23(26)27/h4-10,15,20-21,24H,3,11-14,16H2,1-2H3. The van der Waals surface area contributed by atoms with Crippen LogP contribution < -0.4 is 9.46 Å².